The fraction of sp³-hybridized carbons (Fsp3) is 0.0714. The monoisotopic (exact) mass is 306 g/mol. The number of phenolic OH excluding ortho intramolecular Hbond substituents is 1. The van der Waals surface area contributed by atoms with Gasteiger partial charge in [-0.05, 0) is 30.7 Å². The molecule has 21 heavy (non-hydrogen) atoms. The standard InChI is InChI=1S/C14H14N2O4S/c1-10-6-2-5-9-13(10)21(19,20)16-15-14(18)11-7-3-4-8-12(11)17/h2-9,16-17H,1H3,(H,15,18). The van der Waals surface area contributed by atoms with Crippen molar-refractivity contribution in [3.63, 3.8) is 0 Å². The summed E-state index contributed by atoms with van der Waals surface area (Å²) >= 11 is 0. The Hall–Kier alpha value is -2.38. The molecule has 0 saturated heterocycles. The molecule has 0 saturated carbocycles. The number of sulfonamides is 1. The molecule has 1 amide bonds. The predicted molar refractivity (Wildman–Crippen MR) is 77.1 cm³/mol. The number of carbonyl (C=O) groups excluding carboxylic acids is 1. The number of rotatable bonds is 4. The molecule has 0 aliphatic heterocycles. The van der Waals surface area contributed by atoms with E-state index in [1.165, 1.54) is 18.2 Å². The number of hydrogen-bond acceptors (Lipinski definition) is 4. The number of aromatic hydroxyl groups is 1. The summed E-state index contributed by atoms with van der Waals surface area (Å²) in [6, 6.07) is 12.2. The second kappa shape index (κ2) is 5.94. The van der Waals surface area contributed by atoms with E-state index in [0.29, 0.717) is 5.56 Å². The number of benzene rings is 2. The van der Waals surface area contributed by atoms with Crippen molar-refractivity contribution >= 4 is 15.9 Å². The maximum absolute atomic E-state index is 12.1. The van der Waals surface area contributed by atoms with Crippen LogP contribution in [0.3, 0.4) is 0 Å². The minimum Gasteiger partial charge on any atom is -0.507 e. The van der Waals surface area contributed by atoms with Gasteiger partial charge in [0.2, 0.25) is 0 Å². The van der Waals surface area contributed by atoms with Crippen LogP contribution in [0.1, 0.15) is 15.9 Å². The van der Waals surface area contributed by atoms with E-state index in [0.717, 1.165) is 0 Å². The molecule has 0 aliphatic rings. The third-order valence-electron chi connectivity index (χ3n) is 2.83. The second-order valence-corrected chi connectivity index (χ2v) is 5.99. The first-order chi connectivity index (χ1) is 9.92. The molecule has 0 bridgehead atoms. The first-order valence-corrected chi connectivity index (χ1v) is 7.56. The van der Waals surface area contributed by atoms with Crippen LogP contribution in [0.25, 0.3) is 0 Å². The summed E-state index contributed by atoms with van der Waals surface area (Å²) in [6.45, 7) is 1.65. The quantitative estimate of drug-likeness (QED) is 0.742. The molecule has 2 aromatic rings. The highest BCUT2D eigenvalue weighted by atomic mass is 32.2. The first kappa shape index (κ1) is 15.0. The number of amides is 1. The highest BCUT2D eigenvalue weighted by molar-refractivity contribution is 7.89. The van der Waals surface area contributed by atoms with Crippen LogP contribution in [0.2, 0.25) is 0 Å². The molecule has 2 aromatic carbocycles. The van der Waals surface area contributed by atoms with Gasteiger partial charge < -0.3 is 5.11 Å². The average Bonchev–Trinajstić information content (AvgIpc) is 2.45. The Morgan fingerprint density at radius 1 is 1.05 bits per heavy atom. The molecular weight excluding hydrogens is 292 g/mol. The first-order valence-electron chi connectivity index (χ1n) is 6.07. The summed E-state index contributed by atoms with van der Waals surface area (Å²) in [6.07, 6.45) is 0. The van der Waals surface area contributed by atoms with Gasteiger partial charge in [-0.3, -0.25) is 10.2 Å². The number of carbonyl (C=O) groups is 1. The van der Waals surface area contributed by atoms with Crippen LogP contribution in [-0.4, -0.2) is 19.4 Å². The largest absolute Gasteiger partial charge is 0.507 e. The van der Waals surface area contributed by atoms with Gasteiger partial charge in [0.25, 0.3) is 15.9 Å². The molecule has 0 heterocycles. The lowest BCUT2D eigenvalue weighted by molar-refractivity contribution is 0.0942. The number of nitrogens with one attached hydrogen (secondary N) is 2. The number of phenols is 1. The van der Waals surface area contributed by atoms with Gasteiger partial charge in [-0.2, -0.15) is 0 Å². The minimum absolute atomic E-state index is 0.0232. The predicted octanol–water partition coefficient (Wildman–Crippen LogP) is 1.32. The summed E-state index contributed by atoms with van der Waals surface area (Å²) in [4.78, 5) is 13.9. The normalized spacial score (nSPS) is 11.1. The van der Waals surface area contributed by atoms with E-state index in [1.54, 1.807) is 37.3 Å². The zero-order chi connectivity index (χ0) is 15.5. The SMILES string of the molecule is Cc1ccccc1S(=O)(=O)NNC(=O)c1ccccc1O. The van der Waals surface area contributed by atoms with Gasteiger partial charge in [-0.1, -0.05) is 30.3 Å². The van der Waals surface area contributed by atoms with Crippen LogP contribution in [0.5, 0.6) is 5.75 Å². The lowest BCUT2D eigenvalue weighted by Gasteiger charge is -2.10. The lowest BCUT2D eigenvalue weighted by Crippen LogP contribution is -2.41. The van der Waals surface area contributed by atoms with Gasteiger partial charge in [0.1, 0.15) is 5.75 Å². The molecule has 7 heteroatoms. The summed E-state index contributed by atoms with van der Waals surface area (Å²) in [5.41, 5.74) is 2.60. The molecule has 0 aromatic heterocycles. The van der Waals surface area contributed by atoms with E-state index in [1.807, 2.05) is 4.83 Å². The summed E-state index contributed by atoms with van der Waals surface area (Å²) < 4.78 is 24.2. The van der Waals surface area contributed by atoms with Crippen molar-refractivity contribution in [2.75, 3.05) is 0 Å². The Labute approximate surface area is 122 Å². The summed E-state index contributed by atoms with van der Waals surface area (Å²) in [5.74, 6) is -0.977. The number of hydrazine groups is 1. The molecular formula is C14H14N2O4S. The van der Waals surface area contributed by atoms with Crippen molar-refractivity contribution in [1.29, 1.82) is 0 Å². The van der Waals surface area contributed by atoms with Crippen LogP contribution in [-0.2, 0) is 10.0 Å². The minimum atomic E-state index is -3.87. The van der Waals surface area contributed by atoms with E-state index in [2.05, 4.69) is 5.43 Å². The van der Waals surface area contributed by atoms with Crippen LogP contribution in [0.4, 0.5) is 0 Å². The van der Waals surface area contributed by atoms with E-state index in [9.17, 15) is 18.3 Å². The van der Waals surface area contributed by atoms with E-state index in [-0.39, 0.29) is 16.2 Å². The van der Waals surface area contributed by atoms with Gasteiger partial charge in [-0.15, -0.1) is 4.83 Å². The Bertz CT molecular complexity index is 772. The van der Waals surface area contributed by atoms with Crippen molar-refractivity contribution < 1.29 is 18.3 Å². The van der Waals surface area contributed by atoms with Crippen molar-refractivity contribution in [3.8, 4) is 5.75 Å². The Morgan fingerprint density at radius 2 is 1.67 bits per heavy atom. The maximum Gasteiger partial charge on any atom is 0.269 e. The van der Waals surface area contributed by atoms with E-state index < -0.39 is 15.9 Å². The molecule has 0 fully saturated rings. The smallest absolute Gasteiger partial charge is 0.269 e. The van der Waals surface area contributed by atoms with Crippen molar-refractivity contribution in [2.45, 2.75) is 11.8 Å². The van der Waals surface area contributed by atoms with Crippen molar-refractivity contribution in [1.82, 2.24) is 10.3 Å². The number of hydrogen-bond donors (Lipinski definition) is 3. The second-order valence-electron chi connectivity index (χ2n) is 4.34. The van der Waals surface area contributed by atoms with Crippen molar-refractivity contribution in [3.05, 3.63) is 59.7 Å². The zero-order valence-electron chi connectivity index (χ0n) is 11.2. The van der Waals surface area contributed by atoms with Gasteiger partial charge in [0.15, 0.2) is 0 Å². The third kappa shape index (κ3) is 3.39. The fourth-order valence-corrected chi connectivity index (χ4v) is 2.85. The fourth-order valence-electron chi connectivity index (χ4n) is 1.76. The van der Waals surface area contributed by atoms with Gasteiger partial charge in [0.05, 0.1) is 10.5 Å². The number of para-hydroxylation sites is 1. The molecule has 0 aliphatic carbocycles. The zero-order valence-corrected chi connectivity index (χ0v) is 12.0. The molecule has 0 spiro atoms. The highest BCUT2D eigenvalue weighted by Gasteiger charge is 2.18. The van der Waals surface area contributed by atoms with E-state index >= 15 is 0 Å². The molecule has 6 nitrogen and oxygen atoms in total. The Morgan fingerprint density at radius 3 is 2.33 bits per heavy atom. The van der Waals surface area contributed by atoms with Gasteiger partial charge in [-0.25, -0.2) is 8.42 Å². The van der Waals surface area contributed by atoms with Crippen molar-refractivity contribution in [2.24, 2.45) is 0 Å². The summed E-state index contributed by atoms with van der Waals surface area (Å²) in [7, 11) is -3.87. The molecule has 110 valence electrons. The van der Waals surface area contributed by atoms with Crippen LogP contribution < -0.4 is 10.3 Å². The van der Waals surface area contributed by atoms with Crippen LogP contribution in [0, 0.1) is 6.92 Å². The molecule has 0 unspecified atom stereocenters. The average molecular weight is 306 g/mol. The molecule has 0 radical (unpaired) electrons. The number of aryl methyl sites for hydroxylation is 1. The summed E-state index contributed by atoms with van der Waals surface area (Å²) in [5, 5.41) is 9.53. The van der Waals surface area contributed by atoms with Crippen LogP contribution in [0.15, 0.2) is 53.4 Å². The Balaban J connectivity index is 2.15. The van der Waals surface area contributed by atoms with Crippen LogP contribution >= 0.6 is 0 Å². The van der Waals surface area contributed by atoms with Gasteiger partial charge in [0, 0.05) is 0 Å². The van der Waals surface area contributed by atoms with Gasteiger partial charge >= 0.3 is 0 Å². The molecule has 0 atom stereocenters. The topological polar surface area (TPSA) is 95.5 Å². The third-order valence-corrected chi connectivity index (χ3v) is 4.24. The lowest BCUT2D eigenvalue weighted by atomic mass is 10.2. The highest BCUT2D eigenvalue weighted by Crippen LogP contribution is 2.16. The Kier molecular flexibility index (Phi) is 4.25. The molecule has 2 rings (SSSR count). The molecule has 3 N–H and O–H groups in total. The van der Waals surface area contributed by atoms with E-state index in [4.69, 9.17) is 0 Å². The maximum atomic E-state index is 12.1.